The highest BCUT2D eigenvalue weighted by Crippen LogP contribution is 2.35. The lowest BCUT2D eigenvalue weighted by atomic mass is 10.1. The average Bonchev–Trinajstić information content (AvgIpc) is 2.45. The van der Waals surface area contributed by atoms with E-state index < -0.39 is 0 Å². The second-order valence-electron chi connectivity index (χ2n) is 4.94. The third kappa shape index (κ3) is 2.38. The molecule has 0 radical (unpaired) electrons. The lowest BCUT2D eigenvalue weighted by molar-refractivity contribution is 0.481. The molecule has 5 nitrogen and oxygen atoms in total. The second-order valence-corrected chi connectivity index (χ2v) is 4.94. The molecule has 0 aliphatic heterocycles. The van der Waals surface area contributed by atoms with Crippen molar-refractivity contribution < 1.29 is 5.11 Å². The van der Waals surface area contributed by atoms with Crippen molar-refractivity contribution in [3.05, 3.63) is 48.0 Å². The zero-order chi connectivity index (χ0) is 15.0. The summed E-state index contributed by atoms with van der Waals surface area (Å²) < 4.78 is 0. The minimum Gasteiger partial charge on any atom is -0.507 e. The Hall–Kier alpha value is -2.69. The SMILES string of the molecule is Cc1nc(C)nc(N(C)c2cccc3cccc(O)c23)n1. The number of phenolic OH excluding ortho intramolecular Hbond substituents is 1. The van der Waals surface area contributed by atoms with Crippen molar-refractivity contribution in [1.82, 2.24) is 15.0 Å². The molecule has 2 aromatic carbocycles. The first-order valence-corrected chi connectivity index (χ1v) is 6.70. The molecule has 0 aliphatic carbocycles. The van der Waals surface area contributed by atoms with Crippen molar-refractivity contribution >= 4 is 22.4 Å². The van der Waals surface area contributed by atoms with Gasteiger partial charge in [0.05, 0.1) is 5.69 Å². The maximum Gasteiger partial charge on any atom is 0.233 e. The predicted octanol–water partition coefficient (Wildman–Crippen LogP) is 3.12. The first kappa shape index (κ1) is 13.3. The number of aryl methyl sites for hydroxylation is 2. The van der Waals surface area contributed by atoms with Crippen LogP contribution >= 0.6 is 0 Å². The summed E-state index contributed by atoms with van der Waals surface area (Å²) in [4.78, 5) is 14.8. The van der Waals surface area contributed by atoms with Gasteiger partial charge in [-0.3, -0.25) is 0 Å². The molecule has 1 N–H and O–H groups in total. The number of phenols is 1. The number of hydrogen-bond acceptors (Lipinski definition) is 5. The highest BCUT2D eigenvalue weighted by atomic mass is 16.3. The fraction of sp³-hybridized carbons (Fsp3) is 0.188. The van der Waals surface area contributed by atoms with Gasteiger partial charge in [0.25, 0.3) is 0 Å². The first-order valence-electron chi connectivity index (χ1n) is 6.70. The van der Waals surface area contributed by atoms with Crippen LogP contribution in [0.1, 0.15) is 11.6 Å². The molecule has 3 aromatic rings. The van der Waals surface area contributed by atoms with Gasteiger partial charge in [-0.1, -0.05) is 24.3 Å². The topological polar surface area (TPSA) is 62.1 Å². The number of anilines is 2. The summed E-state index contributed by atoms with van der Waals surface area (Å²) in [6, 6.07) is 11.3. The molecule has 21 heavy (non-hydrogen) atoms. The van der Waals surface area contributed by atoms with E-state index in [1.165, 1.54) is 0 Å². The van der Waals surface area contributed by atoms with Gasteiger partial charge in [0.1, 0.15) is 17.4 Å². The molecular weight excluding hydrogens is 264 g/mol. The maximum absolute atomic E-state index is 10.2. The van der Waals surface area contributed by atoms with E-state index in [-0.39, 0.29) is 5.75 Å². The van der Waals surface area contributed by atoms with Crippen LogP contribution < -0.4 is 4.90 Å². The van der Waals surface area contributed by atoms with Gasteiger partial charge in [0.2, 0.25) is 5.95 Å². The Balaban J connectivity index is 2.20. The molecule has 106 valence electrons. The molecule has 1 aromatic heterocycles. The average molecular weight is 280 g/mol. The van der Waals surface area contributed by atoms with E-state index in [1.54, 1.807) is 6.07 Å². The highest BCUT2D eigenvalue weighted by molar-refractivity contribution is 5.99. The lowest BCUT2D eigenvalue weighted by Gasteiger charge is -2.20. The van der Waals surface area contributed by atoms with Gasteiger partial charge in [0, 0.05) is 12.4 Å². The number of benzene rings is 2. The fourth-order valence-corrected chi connectivity index (χ4v) is 2.44. The maximum atomic E-state index is 10.2. The van der Waals surface area contributed by atoms with E-state index in [0.717, 1.165) is 16.5 Å². The number of nitrogens with zero attached hydrogens (tertiary/aromatic N) is 4. The van der Waals surface area contributed by atoms with Gasteiger partial charge in [-0.25, -0.2) is 4.98 Å². The Bertz CT molecular complexity index is 791. The van der Waals surface area contributed by atoms with Gasteiger partial charge < -0.3 is 10.0 Å². The van der Waals surface area contributed by atoms with Crippen LogP contribution in [-0.4, -0.2) is 27.1 Å². The Morgan fingerprint density at radius 2 is 1.52 bits per heavy atom. The molecule has 0 amide bonds. The number of fused-ring (bicyclic) bond motifs is 1. The molecule has 0 bridgehead atoms. The molecular formula is C16H16N4O. The minimum atomic E-state index is 0.248. The van der Waals surface area contributed by atoms with E-state index in [9.17, 15) is 5.11 Å². The van der Waals surface area contributed by atoms with Crippen LogP contribution in [0.2, 0.25) is 0 Å². The zero-order valence-corrected chi connectivity index (χ0v) is 12.2. The lowest BCUT2D eigenvalue weighted by Crippen LogP contribution is -2.15. The molecule has 0 atom stereocenters. The molecule has 0 unspecified atom stereocenters. The molecule has 5 heteroatoms. The van der Waals surface area contributed by atoms with Crippen molar-refractivity contribution in [2.75, 3.05) is 11.9 Å². The van der Waals surface area contributed by atoms with Gasteiger partial charge in [0.15, 0.2) is 0 Å². The molecule has 3 rings (SSSR count). The van der Waals surface area contributed by atoms with Crippen molar-refractivity contribution in [2.24, 2.45) is 0 Å². The predicted molar refractivity (Wildman–Crippen MR) is 83.0 cm³/mol. The number of aromatic hydroxyl groups is 1. The van der Waals surface area contributed by atoms with Gasteiger partial charge >= 0.3 is 0 Å². The highest BCUT2D eigenvalue weighted by Gasteiger charge is 2.14. The standard InChI is InChI=1S/C16H16N4O/c1-10-17-11(2)19-16(18-10)20(3)13-8-4-6-12-7-5-9-14(21)15(12)13/h4-9,21H,1-3H3. The van der Waals surface area contributed by atoms with E-state index in [1.807, 2.05) is 56.1 Å². The van der Waals surface area contributed by atoms with Crippen LogP contribution in [0.3, 0.4) is 0 Å². The molecule has 0 saturated carbocycles. The monoisotopic (exact) mass is 280 g/mol. The molecule has 1 heterocycles. The van der Waals surface area contributed by atoms with E-state index >= 15 is 0 Å². The van der Waals surface area contributed by atoms with Crippen LogP contribution in [0.4, 0.5) is 11.6 Å². The zero-order valence-electron chi connectivity index (χ0n) is 12.2. The smallest absolute Gasteiger partial charge is 0.233 e. The summed E-state index contributed by atoms with van der Waals surface area (Å²) in [5, 5.41) is 11.9. The summed E-state index contributed by atoms with van der Waals surface area (Å²) in [7, 11) is 1.88. The Morgan fingerprint density at radius 3 is 2.19 bits per heavy atom. The van der Waals surface area contributed by atoms with E-state index in [2.05, 4.69) is 15.0 Å². The van der Waals surface area contributed by atoms with Crippen molar-refractivity contribution in [3.8, 4) is 5.75 Å². The van der Waals surface area contributed by atoms with Crippen LogP contribution in [0.5, 0.6) is 5.75 Å². The van der Waals surface area contributed by atoms with Crippen LogP contribution in [0.15, 0.2) is 36.4 Å². The molecule has 0 aliphatic rings. The second kappa shape index (κ2) is 5.01. The van der Waals surface area contributed by atoms with E-state index in [4.69, 9.17) is 0 Å². The summed E-state index contributed by atoms with van der Waals surface area (Å²) in [6.07, 6.45) is 0. The summed E-state index contributed by atoms with van der Waals surface area (Å²) >= 11 is 0. The normalized spacial score (nSPS) is 10.8. The van der Waals surface area contributed by atoms with Crippen LogP contribution in [0.25, 0.3) is 10.8 Å². The van der Waals surface area contributed by atoms with Gasteiger partial charge in [-0.2, -0.15) is 9.97 Å². The molecule has 0 saturated heterocycles. The molecule has 0 fully saturated rings. The van der Waals surface area contributed by atoms with Gasteiger partial charge in [-0.05, 0) is 31.4 Å². The first-order chi connectivity index (χ1) is 10.1. The Labute approximate surface area is 122 Å². The van der Waals surface area contributed by atoms with Crippen molar-refractivity contribution in [1.29, 1.82) is 0 Å². The number of aromatic nitrogens is 3. The van der Waals surface area contributed by atoms with Crippen LogP contribution in [0, 0.1) is 13.8 Å². The number of hydrogen-bond donors (Lipinski definition) is 1. The fourth-order valence-electron chi connectivity index (χ4n) is 2.44. The summed E-state index contributed by atoms with van der Waals surface area (Å²) in [5.74, 6) is 2.16. The van der Waals surface area contributed by atoms with Crippen LogP contribution in [-0.2, 0) is 0 Å². The minimum absolute atomic E-state index is 0.248. The third-order valence-electron chi connectivity index (χ3n) is 3.37. The van der Waals surface area contributed by atoms with Gasteiger partial charge in [-0.15, -0.1) is 0 Å². The molecule has 0 spiro atoms. The number of rotatable bonds is 2. The quantitative estimate of drug-likeness (QED) is 0.781. The summed E-state index contributed by atoms with van der Waals surface area (Å²) in [6.45, 7) is 3.68. The van der Waals surface area contributed by atoms with E-state index in [0.29, 0.717) is 17.6 Å². The Kier molecular flexibility index (Phi) is 3.17. The summed E-state index contributed by atoms with van der Waals surface area (Å²) in [5.41, 5.74) is 0.857. The Morgan fingerprint density at radius 1 is 0.905 bits per heavy atom. The van der Waals surface area contributed by atoms with Crippen molar-refractivity contribution in [3.63, 3.8) is 0 Å². The van der Waals surface area contributed by atoms with Crippen molar-refractivity contribution in [2.45, 2.75) is 13.8 Å². The largest absolute Gasteiger partial charge is 0.507 e. The third-order valence-corrected chi connectivity index (χ3v) is 3.37.